The highest BCUT2D eigenvalue weighted by molar-refractivity contribution is 7.98. The average molecular weight is 484 g/mol. The molecule has 15 heteroatoms. The number of nitrogens with one attached hydrogen (secondary N) is 1. The Kier molecular flexibility index (Phi) is 6.82. The summed E-state index contributed by atoms with van der Waals surface area (Å²) in [5.41, 5.74) is 10.2. The molecule has 4 aromatic rings. The van der Waals surface area contributed by atoms with Crippen LogP contribution in [0.15, 0.2) is 45.5 Å². The third-order valence-electron chi connectivity index (χ3n) is 4.59. The van der Waals surface area contributed by atoms with Crippen molar-refractivity contribution in [2.24, 2.45) is 12.1 Å². The van der Waals surface area contributed by atoms with E-state index in [4.69, 9.17) is 10.5 Å². The van der Waals surface area contributed by atoms with Crippen LogP contribution in [0, 0.1) is 0 Å². The van der Waals surface area contributed by atoms with Gasteiger partial charge in [0.15, 0.2) is 10.9 Å². The molecule has 34 heavy (non-hydrogen) atoms. The summed E-state index contributed by atoms with van der Waals surface area (Å²) in [5.74, 6) is 0.586. The largest absolute Gasteiger partial charge is 0.494 e. The molecule has 4 rings (SSSR count). The first kappa shape index (κ1) is 22.9. The van der Waals surface area contributed by atoms with Gasteiger partial charge in [-0.2, -0.15) is 9.78 Å². The number of benzene rings is 1. The van der Waals surface area contributed by atoms with E-state index in [1.54, 1.807) is 17.8 Å². The molecule has 0 atom stereocenters. The van der Waals surface area contributed by atoms with Crippen LogP contribution in [-0.4, -0.2) is 58.3 Å². The Morgan fingerprint density at radius 1 is 1.26 bits per heavy atom. The van der Waals surface area contributed by atoms with Crippen molar-refractivity contribution in [3.63, 3.8) is 0 Å². The Labute approximate surface area is 197 Å². The predicted molar refractivity (Wildman–Crippen MR) is 121 cm³/mol. The lowest BCUT2D eigenvalue weighted by atomic mass is 10.1. The number of nitrogen functional groups attached to an aromatic ring is 1. The summed E-state index contributed by atoms with van der Waals surface area (Å²) in [4.78, 5) is 12.9. The number of carbonyl (C=O) groups is 1. The van der Waals surface area contributed by atoms with E-state index in [2.05, 4.69) is 46.0 Å². The topological polar surface area (TPSA) is 177 Å². The van der Waals surface area contributed by atoms with Crippen LogP contribution in [-0.2, 0) is 12.8 Å². The zero-order valence-electron chi connectivity index (χ0n) is 18.5. The second kappa shape index (κ2) is 10.1. The van der Waals surface area contributed by atoms with E-state index < -0.39 is 5.91 Å². The zero-order valence-corrected chi connectivity index (χ0v) is 19.4. The number of nitrogens with zero attached hydrogens (tertiary/aromatic N) is 9. The summed E-state index contributed by atoms with van der Waals surface area (Å²) < 4.78 is 13.2. The maximum absolute atomic E-state index is 12.9. The standard InChI is InChI=1S/C19H21N11O3S/c1-4-32-13-7-5-12(6-8-13)11(2)22-24-18(31)15-14(9-34-19-25-21-10-29(19)3)30(28-23-15)17-16(20)26-33-27-17/h5-8,10H,4,9H2,1-3H3,(H2,20,26)(H,24,31). The first-order valence-corrected chi connectivity index (χ1v) is 11.0. The molecule has 0 unspecified atom stereocenters. The summed E-state index contributed by atoms with van der Waals surface area (Å²) >= 11 is 1.33. The molecule has 0 fully saturated rings. The Morgan fingerprint density at radius 2 is 2.06 bits per heavy atom. The third-order valence-corrected chi connectivity index (χ3v) is 5.64. The second-order valence-electron chi connectivity index (χ2n) is 6.88. The van der Waals surface area contributed by atoms with Crippen molar-refractivity contribution in [2.75, 3.05) is 12.3 Å². The Bertz CT molecular complexity index is 1310. The van der Waals surface area contributed by atoms with Gasteiger partial charge in [-0.1, -0.05) is 17.0 Å². The molecule has 3 aromatic heterocycles. The van der Waals surface area contributed by atoms with Gasteiger partial charge in [0.1, 0.15) is 12.1 Å². The van der Waals surface area contributed by atoms with Gasteiger partial charge in [0.05, 0.1) is 18.0 Å². The van der Waals surface area contributed by atoms with Gasteiger partial charge in [0, 0.05) is 12.8 Å². The summed E-state index contributed by atoms with van der Waals surface area (Å²) in [7, 11) is 1.81. The van der Waals surface area contributed by atoms with E-state index in [-0.39, 0.29) is 23.1 Å². The molecule has 0 aliphatic heterocycles. The fraction of sp³-hybridized carbons (Fsp3) is 0.263. The number of thioether (sulfide) groups is 1. The van der Waals surface area contributed by atoms with Crippen molar-refractivity contribution in [3.05, 3.63) is 47.5 Å². The molecule has 0 spiro atoms. The van der Waals surface area contributed by atoms with Crippen molar-refractivity contribution >= 4 is 29.2 Å². The molecule has 0 saturated heterocycles. The third kappa shape index (κ3) is 4.88. The van der Waals surface area contributed by atoms with E-state index in [1.165, 1.54) is 16.4 Å². The van der Waals surface area contributed by atoms with Crippen molar-refractivity contribution in [1.82, 2.24) is 45.5 Å². The fourth-order valence-corrected chi connectivity index (χ4v) is 3.74. The van der Waals surface area contributed by atoms with Crippen LogP contribution in [0.5, 0.6) is 5.75 Å². The van der Waals surface area contributed by atoms with E-state index in [9.17, 15) is 4.79 Å². The summed E-state index contributed by atoms with van der Waals surface area (Å²) in [6.45, 7) is 4.27. The number of nitrogens with two attached hydrogens (primary N) is 1. The highest BCUT2D eigenvalue weighted by atomic mass is 32.2. The number of ether oxygens (including phenoxy) is 1. The van der Waals surface area contributed by atoms with Gasteiger partial charge < -0.3 is 15.0 Å². The Balaban J connectivity index is 1.56. The van der Waals surface area contributed by atoms with Gasteiger partial charge in [-0.25, -0.2) is 10.1 Å². The molecule has 3 heterocycles. The molecule has 1 aromatic carbocycles. The fourth-order valence-electron chi connectivity index (χ4n) is 2.86. The van der Waals surface area contributed by atoms with Crippen LogP contribution in [0.4, 0.5) is 5.82 Å². The molecule has 176 valence electrons. The Hall–Kier alpha value is -4.27. The maximum Gasteiger partial charge on any atom is 0.293 e. The van der Waals surface area contributed by atoms with E-state index in [0.29, 0.717) is 23.2 Å². The molecule has 0 radical (unpaired) electrons. The number of hydrogen-bond acceptors (Lipinski definition) is 12. The van der Waals surface area contributed by atoms with Crippen LogP contribution in [0.1, 0.15) is 35.6 Å². The van der Waals surface area contributed by atoms with Crippen LogP contribution >= 0.6 is 11.8 Å². The number of aromatic nitrogens is 8. The van der Waals surface area contributed by atoms with Crippen molar-refractivity contribution in [3.8, 4) is 11.6 Å². The van der Waals surface area contributed by atoms with Crippen molar-refractivity contribution < 1.29 is 14.2 Å². The van der Waals surface area contributed by atoms with Gasteiger partial charge in [-0.3, -0.25) is 4.79 Å². The van der Waals surface area contributed by atoms with E-state index >= 15 is 0 Å². The lowest BCUT2D eigenvalue weighted by Crippen LogP contribution is -2.21. The quantitative estimate of drug-likeness (QED) is 0.199. The summed E-state index contributed by atoms with van der Waals surface area (Å²) in [6, 6.07) is 7.39. The number of carbonyl (C=O) groups excluding carboxylic acids is 1. The SMILES string of the molecule is CCOc1ccc(C(C)=NNC(=O)c2nnn(-c3nonc3N)c2CSc2nncn2C)cc1. The number of rotatable bonds is 9. The molecule has 0 saturated carbocycles. The smallest absolute Gasteiger partial charge is 0.293 e. The molecule has 14 nitrogen and oxygen atoms in total. The summed E-state index contributed by atoms with van der Waals surface area (Å²) in [6.07, 6.45) is 1.57. The van der Waals surface area contributed by atoms with Crippen LogP contribution in [0.2, 0.25) is 0 Å². The number of aryl methyl sites for hydroxylation is 1. The molecule has 0 aliphatic carbocycles. The van der Waals surface area contributed by atoms with Gasteiger partial charge in [0.2, 0.25) is 11.6 Å². The molecular weight excluding hydrogens is 462 g/mol. The van der Waals surface area contributed by atoms with Gasteiger partial charge in [-0.05, 0) is 54.0 Å². The van der Waals surface area contributed by atoms with Gasteiger partial charge in [-0.15, -0.1) is 15.3 Å². The average Bonchev–Trinajstić information content (AvgIpc) is 3.56. The molecule has 0 bridgehead atoms. The first-order valence-electron chi connectivity index (χ1n) is 10.1. The van der Waals surface area contributed by atoms with Gasteiger partial charge in [0.25, 0.3) is 5.91 Å². The van der Waals surface area contributed by atoms with Crippen LogP contribution in [0.25, 0.3) is 5.82 Å². The monoisotopic (exact) mass is 483 g/mol. The van der Waals surface area contributed by atoms with Gasteiger partial charge >= 0.3 is 0 Å². The minimum atomic E-state index is -0.555. The first-order chi connectivity index (χ1) is 16.5. The predicted octanol–water partition coefficient (Wildman–Crippen LogP) is 1.21. The number of hydrazone groups is 1. The van der Waals surface area contributed by atoms with E-state index in [1.807, 2.05) is 38.2 Å². The summed E-state index contributed by atoms with van der Waals surface area (Å²) in [5, 5.41) is 28.1. The number of hydrogen-bond donors (Lipinski definition) is 2. The van der Waals surface area contributed by atoms with Crippen LogP contribution < -0.4 is 15.9 Å². The Morgan fingerprint density at radius 3 is 2.71 bits per heavy atom. The van der Waals surface area contributed by atoms with Crippen LogP contribution in [0.3, 0.4) is 0 Å². The molecule has 1 amide bonds. The molecule has 0 aliphatic rings. The van der Waals surface area contributed by atoms with E-state index in [0.717, 1.165) is 11.3 Å². The minimum absolute atomic E-state index is 0.00568. The van der Waals surface area contributed by atoms with Crippen molar-refractivity contribution in [2.45, 2.75) is 24.8 Å². The maximum atomic E-state index is 12.9. The normalized spacial score (nSPS) is 11.6. The lowest BCUT2D eigenvalue weighted by Gasteiger charge is -2.06. The lowest BCUT2D eigenvalue weighted by molar-refractivity contribution is 0.0949. The number of anilines is 1. The minimum Gasteiger partial charge on any atom is -0.494 e. The molecular formula is C19H21N11O3S. The number of amides is 1. The highest BCUT2D eigenvalue weighted by Crippen LogP contribution is 2.24. The highest BCUT2D eigenvalue weighted by Gasteiger charge is 2.24. The van der Waals surface area contributed by atoms with Crippen molar-refractivity contribution in [1.29, 1.82) is 0 Å². The zero-order chi connectivity index (χ0) is 24.1. The second-order valence-corrected chi connectivity index (χ2v) is 7.82. The molecule has 3 N–H and O–H groups in total.